The van der Waals surface area contributed by atoms with Crippen molar-refractivity contribution in [3.8, 4) is 11.5 Å². The van der Waals surface area contributed by atoms with Crippen molar-refractivity contribution in [2.45, 2.75) is 83.7 Å². The van der Waals surface area contributed by atoms with E-state index in [2.05, 4.69) is 6.92 Å². The van der Waals surface area contributed by atoms with Crippen molar-refractivity contribution in [3.05, 3.63) is 59.2 Å². The van der Waals surface area contributed by atoms with Gasteiger partial charge in [-0.05, 0) is 73.2 Å². The van der Waals surface area contributed by atoms with E-state index in [0.717, 1.165) is 69.0 Å². The topological polar surface area (TPSA) is 90.3 Å². The number of carbonyl (C=O) groups is 2. The Labute approximate surface area is 227 Å². The molecule has 0 saturated carbocycles. The molecule has 2 aromatic rings. The van der Waals surface area contributed by atoms with Crippen molar-refractivity contribution < 1.29 is 24.5 Å². The maximum absolute atomic E-state index is 13.3. The molecule has 0 aliphatic carbocycles. The number of nitrogens with zero attached hydrogens (tertiary/aromatic N) is 2. The predicted molar refractivity (Wildman–Crippen MR) is 149 cm³/mol. The molecule has 0 fully saturated rings. The second-order valence-corrected chi connectivity index (χ2v) is 10.4. The predicted octanol–water partition coefficient (Wildman–Crippen LogP) is 5.67. The second kappa shape index (κ2) is 15.4. The fourth-order valence-electron chi connectivity index (χ4n) is 4.91. The fraction of sp³-hybridized carbons (Fsp3) is 0.548. The summed E-state index contributed by atoms with van der Waals surface area (Å²) in [6, 6.07) is 11.6. The van der Waals surface area contributed by atoms with Crippen molar-refractivity contribution in [1.29, 1.82) is 0 Å². The van der Waals surface area contributed by atoms with E-state index in [1.54, 1.807) is 24.3 Å². The van der Waals surface area contributed by atoms with E-state index in [0.29, 0.717) is 38.2 Å². The van der Waals surface area contributed by atoms with Crippen molar-refractivity contribution in [3.63, 3.8) is 0 Å². The summed E-state index contributed by atoms with van der Waals surface area (Å²) in [4.78, 5) is 29.1. The van der Waals surface area contributed by atoms with Crippen LogP contribution in [0.1, 0.15) is 86.2 Å². The lowest BCUT2D eigenvalue weighted by molar-refractivity contribution is -0.130. The minimum Gasteiger partial charge on any atom is -0.508 e. The molecule has 2 amide bonds. The van der Waals surface area contributed by atoms with E-state index in [-0.39, 0.29) is 29.4 Å². The Bertz CT molecular complexity index is 1020. The number of unbranched alkanes of at least 4 members (excludes halogenated alkanes) is 6. The monoisotopic (exact) mass is 524 g/mol. The molecular weight excluding hydrogens is 480 g/mol. The molecule has 7 heteroatoms. The molecule has 1 heterocycles. The molecule has 2 N–H and O–H groups in total. The highest BCUT2D eigenvalue weighted by Gasteiger charge is 2.30. The van der Waals surface area contributed by atoms with Gasteiger partial charge in [0.05, 0.1) is 12.6 Å². The Kier molecular flexibility index (Phi) is 11.9. The number of phenols is 2. The molecule has 38 heavy (non-hydrogen) atoms. The summed E-state index contributed by atoms with van der Waals surface area (Å²) in [6.07, 6.45) is 9.86. The molecule has 0 bridgehead atoms. The van der Waals surface area contributed by atoms with Crippen LogP contribution in [0.4, 0.5) is 0 Å². The summed E-state index contributed by atoms with van der Waals surface area (Å²) in [7, 11) is 1.90. The summed E-state index contributed by atoms with van der Waals surface area (Å²) in [5.41, 5.74) is 2.59. The average molecular weight is 525 g/mol. The summed E-state index contributed by atoms with van der Waals surface area (Å²) in [5, 5.41) is 19.5. The van der Waals surface area contributed by atoms with Crippen LogP contribution in [0, 0.1) is 0 Å². The van der Waals surface area contributed by atoms with E-state index in [9.17, 15) is 19.8 Å². The smallest absolute Gasteiger partial charge is 0.254 e. The van der Waals surface area contributed by atoms with E-state index in [4.69, 9.17) is 4.74 Å². The number of hydrogen-bond acceptors (Lipinski definition) is 5. The maximum Gasteiger partial charge on any atom is 0.254 e. The van der Waals surface area contributed by atoms with Gasteiger partial charge in [-0.2, -0.15) is 0 Å². The minimum absolute atomic E-state index is 0.0960. The largest absolute Gasteiger partial charge is 0.508 e. The summed E-state index contributed by atoms with van der Waals surface area (Å²) in [5.74, 6) is 0.467. The lowest BCUT2D eigenvalue weighted by Crippen LogP contribution is -2.46. The fourth-order valence-corrected chi connectivity index (χ4v) is 4.91. The first-order chi connectivity index (χ1) is 18.4. The van der Waals surface area contributed by atoms with E-state index < -0.39 is 0 Å². The molecule has 0 spiro atoms. The van der Waals surface area contributed by atoms with Crippen molar-refractivity contribution in [1.82, 2.24) is 9.80 Å². The number of amides is 2. The standard InChI is InChI=1S/C31H44N2O5/c1-3-4-18-32(2)30(36)11-9-7-5-6-8-10-19-38-23-27-20-25-14-17-29(35)21-26(25)22-33(27)31(37)24-12-15-28(34)16-13-24/h12-17,21,27,34-35H,3-11,18-20,22-23H2,1-2H3. The van der Waals surface area contributed by atoms with Crippen LogP contribution in [0.2, 0.25) is 0 Å². The molecule has 0 aromatic heterocycles. The number of benzene rings is 2. The Morgan fingerprint density at radius 2 is 1.61 bits per heavy atom. The highest BCUT2D eigenvalue weighted by Crippen LogP contribution is 2.28. The first-order valence-electron chi connectivity index (χ1n) is 14.1. The van der Waals surface area contributed by atoms with Gasteiger partial charge in [-0.1, -0.05) is 45.1 Å². The molecule has 1 aliphatic heterocycles. The third-order valence-corrected chi connectivity index (χ3v) is 7.31. The normalized spacial score (nSPS) is 14.8. The molecule has 0 radical (unpaired) electrons. The Balaban J connectivity index is 1.38. The first kappa shape index (κ1) is 29.5. The van der Waals surface area contributed by atoms with Gasteiger partial charge >= 0.3 is 0 Å². The number of ether oxygens (including phenoxy) is 1. The average Bonchev–Trinajstić information content (AvgIpc) is 2.92. The SMILES string of the molecule is CCCCN(C)C(=O)CCCCCCCCOCC1Cc2ccc(O)cc2CN1C(=O)c1ccc(O)cc1. The molecule has 208 valence electrons. The van der Waals surface area contributed by atoms with Crippen molar-refractivity contribution in [2.24, 2.45) is 0 Å². The molecule has 2 aromatic carbocycles. The van der Waals surface area contributed by atoms with Crippen LogP contribution in [0.5, 0.6) is 11.5 Å². The second-order valence-electron chi connectivity index (χ2n) is 10.4. The molecule has 0 saturated heterocycles. The number of rotatable bonds is 15. The van der Waals surface area contributed by atoms with Crippen molar-refractivity contribution in [2.75, 3.05) is 26.8 Å². The lowest BCUT2D eigenvalue weighted by Gasteiger charge is -2.37. The van der Waals surface area contributed by atoms with Gasteiger partial charge < -0.3 is 24.7 Å². The zero-order valence-electron chi connectivity index (χ0n) is 23.0. The zero-order chi connectivity index (χ0) is 27.3. The third-order valence-electron chi connectivity index (χ3n) is 7.31. The van der Waals surface area contributed by atoms with Crippen molar-refractivity contribution >= 4 is 11.8 Å². The van der Waals surface area contributed by atoms with E-state index in [1.807, 2.05) is 22.9 Å². The highest BCUT2D eigenvalue weighted by atomic mass is 16.5. The van der Waals surface area contributed by atoms with Gasteiger partial charge in [0.1, 0.15) is 11.5 Å². The molecule has 1 atom stereocenters. The molecule has 7 nitrogen and oxygen atoms in total. The summed E-state index contributed by atoms with van der Waals surface area (Å²) >= 11 is 0. The number of fused-ring (bicyclic) bond motifs is 1. The Hall–Kier alpha value is -3.06. The molecule has 1 aliphatic rings. The van der Waals surface area contributed by atoms with Gasteiger partial charge in [0.2, 0.25) is 5.91 Å². The Morgan fingerprint density at radius 3 is 2.34 bits per heavy atom. The van der Waals surface area contributed by atoms with Crippen LogP contribution in [0.15, 0.2) is 42.5 Å². The minimum atomic E-state index is -0.109. The number of aromatic hydroxyl groups is 2. The van der Waals surface area contributed by atoms with Crippen LogP contribution in [-0.4, -0.2) is 64.7 Å². The number of phenolic OH excluding ortho intramolecular Hbond substituents is 2. The van der Waals surface area contributed by atoms with Gasteiger partial charge in [-0.3, -0.25) is 9.59 Å². The third kappa shape index (κ3) is 9.05. The zero-order valence-corrected chi connectivity index (χ0v) is 23.0. The maximum atomic E-state index is 13.3. The van der Waals surface area contributed by atoms with E-state index >= 15 is 0 Å². The number of hydrogen-bond donors (Lipinski definition) is 2. The summed E-state index contributed by atoms with van der Waals surface area (Å²) in [6.45, 7) is 4.52. The van der Waals surface area contributed by atoms with Crippen LogP contribution in [-0.2, 0) is 22.5 Å². The van der Waals surface area contributed by atoms with Gasteiger partial charge in [-0.25, -0.2) is 0 Å². The molecular formula is C31H44N2O5. The van der Waals surface area contributed by atoms with E-state index in [1.165, 1.54) is 12.1 Å². The quantitative estimate of drug-likeness (QED) is 0.293. The highest BCUT2D eigenvalue weighted by molar-refractivity contribution is 5.94. The van der Waals surface area contributed by atoms with Crippen LogP contribution >= 0.6 is 0 Å². The molecule has 3 rings (SSSR count). The molecule has 1 unspecified atom stereocenters. The van der Waals surface area contributed by atoms with Gasteiger partial charge in [0.25, 0.3) is 5.91 Å². The first-order valence-corrected chi connectivity index (χ1v) is 14.1. The van der Waals surface area contributed by atoms with Gasteiger partial charge in [0.15, 0.2) is 0 Å². The van der Waals surface area contributed by atoms with Crippen LogP contribution in [0.3, 0.4) is 0 Å². The van der Waals surface area contributed by atoms with Crippen LogP contribution < -0.4 is 0 Å². The van der Waals surface area contributed by atoms with Gasteiger partial charge in [0, 0.05) is 38.7 Å². The summed E-state index contributed by atoms with van der Waals surface area (Å²) < 4.78 is 6.03. The Morgan fingerprint density at radius 1 is 0.921 bits per heavy atom. The lowest BCUT2D eigenvalue weighted by atomic mass is 9.93. The van der Waals surface area contributed by atoms with Crippen LogP contribution in [0.25, 0.3) is 0 Å². The van der Waals surface area contributed by atoms with Gasteiger partial charge in [-0.15, -0.1) is 0 Å². The number of carbonyl (C=O) groups excluding carboxylic acids is 2.